The lowest BCUT2D eigenvalue weighted by Crippen LogP contribution is -2.36. The van der Waals surface area contributed by atoms with Gasteiger partial charge in [-0.1, -0.05) is 6.07 Å². The van der Waals surface area contributed by atoms with Crippen molar-refractivity contribution in [3.63, 3.8) is 0 Å². The van der Waals surface area contributed by atoms with E-state index < -0.39 is 11.6 Å². The SMILES string of the molecule is Cc1nc2c(c(=O)[nH]1)C[C@@H]1CC[C@H](C2)N1Cc1c(F)cccc1F. The van der Waals surface area contributed by atoms with Crippen molar-refractivity contribution in [3.8, 4) is 0 Å². The molecule has 2 atom stereocenters. The van der Waals surface area contributed by atoms with E-state index in [1.165, 1.54) is 18.2 Å². The summed E-state index contributed by atoms with van der Waals surface area (Å²) in [4.78, 5) is 21.7. The first-order valence-corrected chi connectivity index (χ1v) is 8.30. The van der Waals surface area contributed by atoms with Crippen molar-refractivity contribution in [2.24, 2.45) is 0 Å². The van der Waals surface area contributed by atoms with Gasteiger partial charge in [0.25, 0.3) is 5.56 Å². The monoisotopic (exact) mass is 331 g/mol. The topological polar surface area (TPSA) is 49.0 Å². The Hall–Kier alpha value is -2.08. The van der Waals surface area contributed by atoms with E-state index in [1.54, 1.807) is 6.92 Å². The highest BCUT2D eigenvalue weighted by molar-refractivity contribution is 5.25. The van der Waals surface area contributed by atoms with Crippen molar-refractivity contribution in [3.05, 3.63) is 62.8 Å². The van der Waals surface area contributed by atoms with Gasteiger partial charge in [-0.15, -0.1) is 0 Å². The molecule has 1 aromatic carbocycles. The van der Waals surface area contributed by atoms with Crippen molar-refractivity contribution in [2.45, 2.75) is 51.2 Å². The van der Waals surface area contributed by atoms with Crippen LogP contribution >= 0.6 is 0 Å². The molecule has 4 nitrogen and oxygen atoms in total. The van der Waals surface area contributed by atoms with Gasteiger partial charge >= 0.3 is 0 Å². The summed E-state index contributed by atoms with van der Waals surface area (Å²) >= 11 is 0. The zero-order valence-corrected chi connectivity index (χ0v) is 13.5. The molecule has 1 saturated heterocycles. The molecule has 0 unspecified atom stereocenters. The van der Waals surface area contributed by atoms with E-state index in [-0.39, 0.29) is 29.8 Å². The number of aromatic amines is 1. The van der Waals surface area contributed by atoms with Crippen LogP contribution in [0.25, 0.3) is 0 Å². The summed E-state index contributed by atoms with van der Waals surface area (Å²) in [5.41, 5.74) is 1.59. The van der Waals surface area contributed by atoms with Gasteiger partial charge < -0.3 is 4.98 Å². The third-order valence-electron chi connectivity index (χ3n) is 5.26. The Morgan fingerprint density at radius 2 is 1.88 bits per heavy atom. The molecule has 1 aromatic heterocycles. The van der Waals surface area contributed by atoms with E-state index in [0.29, 0.717) is 18.7 Å². The number of aromatic nitrogens is 2. The second-order valence-electron chi connectivity index (χ2n) is 6.74. The predicted molar refractivity (Wildman–Crippen MR) is 85.7 cm³/mol. The van der Waals surface area contributed by atoms with E-state index in [1.807, 2.05) is 0 Å². The zero-order chi connectivity index (χ0) is 16.8. The van der Waals surface area contributed by atoms with Crippen molar-refractivity contribution >= 4 is 0 Å². The van der Waals surface area contributed by atoms with Crippen LogP contribution in [0.5, 0.6) is 0 Å². The second-order valence-corrected chi connectivity index (χ2v) is 6.74. The third-order valence-corrected chi connectivity index (χ3v) is 5.26. The Balaban J connectivity index is 1.68. The third kappa shape index (κ3) is 2.55. The van der Waals surface area contributed by atoms with Crippen LogP contribution in [-0.4, -0.2) is 27.0 Å². The summed E-state index contributed by atoms with van der Waals surface area (Å²) in [5, 5.41) is 0. The molecular weight excluding hydrogens is 312 g/mol. The molecule has 2 aromatic rings. The van der Waals surface area contributed by atoms with Crippen molar-refractivity contribution in [1.29, 1.82) is 0 Å². The summed E-state index contributed by atoms with van der Waals surface area (Å²) < 4.78 is 28.1. The van der Waals surface area contributed by atoms with Gasteiger partial charge in [-0.05, 0) is 38.3 Å². The summed E-state index contributed by atoms with van der Waals surface area (Å²) in [5.74, 6) is -0.408. The average molecular weight is 331 g/mol. The van der Waals surface area contributed by atoms with Crippen molar-refractivity contribution < 1.29 is 8.78 Å². The molecular formula is C18H19F2N3O. The number of nitrogens with zero attached hydrogens (tertiary/aromatic N) is 2. The minimum atomic E-state index is -0.511. The normalized spacial score (nSPS) is 23.1. The van der Waals surface area contributed by atoms with Crippen LogP contribution < -0.4 is 5.56 Å². The number of hydrogen-bond acceptors (Lipinski definition) is 3. The molecule has 2 aliphatic rings. The fourth-order valence-electron chi connectivity index (χ4n) is 4.08. The maximum absolute atomic E-state index is 14.0. The fraction of sp³-hybridized carbons (Fsp3) is 0.444. The van der Waals surface area contributed by atoms with Crippen LogP contribution in [0.15, 0.2) is 23.0 Å². The van der Waals surface area contributed by atoms with E-state index in [0.717, 1.165) is 24.1 Å². The minimum Gasteiger partial charge on any atom is -0.311 e. The molecule has 0 radical (unpaired) electrons. The Morgan fingerprint density at radius 1 is 1.21 bits per heavy atom. The van der Waals surface area contributed by atoms with Crippen LogP contribution in [0.2, 0.25) is 0 Å². The Kier molecular flexibility index (Phi) is 3.72. The standard InChI is InChI=1S/C18H19F2N3O/c1-10-21-17-8-12-6-5-11(7-13(17)18(24)22-10)23(12)9-14-15(19)3-2-4-16(14)20/h2-4,11-12H,5-9H2,1H3,(H,21,22,24)/t11-,12+/m0/s1. The molecule has 2 aliphatic heterocycles. The number of nitrogens with one attached hydrogen (secondary N) is 1. The number of fused-ring (bicyclic) bond motifs is 3. The minimum absolute atomic E-state index is 0.0814. The molecule has 1 fully saturated rings. The van der Waals surface area contributed by atoms with E-state index >= 15 is 0 Å². The number of halogens is 2. The van der Waals surface area contributed by atoms with Crippen molar-refractivity contribution in [1.82, 2.24) is 14.9 Å². The maximum atomic E-state index is 14.0. The summed E-state index contributed by atoms with van der Waals surface area (Å²) in [6.45, 7) is 2.01. The summed E-state index contributed by atoms with van der Waals surface area (Å²) in [6, 6.07) is 4.27. The predicted octanol–water partition coefficient (Wildman–Crippen LogP) is 2.49. The van der Waals surface area contributed by atoms with Gasteiger partial charge in [0.05, 0.1) is 5.69 Å². The van der Waals surface area contributed by atoms with Gasteiger partial charge in [0.15, 0.2) is 0 Å². The van der Waals surface area contributed by atoms with E-state index in [4.69, 9.17) is 0 Å². The second kappa shape index (κ2) is 5.77. The lowest BCUT2D eigenvalue weighted by Gasteiger charge is -2.28. The Bertz CT molecular complexity index is 828. The lowest BCUT2D eigenvalue weighted by atomic mass is 9.98. The molecule has 6 heteroatoms. The smallest absolute Gasteiger partial charge is 0.254 e. The average Bonchev–Trinajstić information content (AvgIpc) is 2.79. The fourth-order valence-corrected chi connectivity index (χ4v) is 4.08. The Morgan fingerprint density at radius 3 is 2.58 bits per heavy atom. The zero-order valence-electron chi connectivity index (χ0n) is 13.5. The van der Waals surface area contributed by atoms with Crippen LogP contribution in [0.1, 0.15) is 35.5 Å². The largest absolute Gasteiger partial charge is 0.311 e. The number of rotatable bonds is 2. The van der Waals surface area contributed by atoms with Gasteiger partial charge in [-0.3, -0.25) is 9.69 Å². The van der Waals surface area contributed by atoms with Crippen LogP contribution in [0, 0.1) is 18.6 Å². The van der Waals surface area contributed by atoms with E-state index in [9.17, 15) is 13.6 Å². The first-order chi connectivity index (χ1) is 11.5. The number of benzene rings is 1. The summed E-state index contributed by atoms with van der Waals surface area (Å²) in [7, 11) is 0. The van der Waals surface area contributed by atoms with Gasteiger partial charge in [0.1, 0.15) is 17.5 Å². The number of hydrogen-bond donors (Lipinski definition) is 1. The van der Waals surface area contributed by atoms with Gasteiger partial charge in [0, 0.05) is 36.2 Å². The number of aryl methyl sites for hydroxylation is 1. The van der Waals surface area contributed by atoms with Gasteiger partial charge in [-0.25, -0.2) is 13.8 Å². The highest BCUT2D eigenvalue weighted by Crippen LogP contribution is 2.34. The molecule has 2 bridgehead atoms. The molecule has 3 heterocycles. The van der Waals surface area contributed by atoms with Crippen LogP contribution in [-0.2, 0) is 19.4 Å². The lowest BCUT2D eigenvalue weighted by molar-refractivity contribution is 0.182. The molecule has 24 heavy (non-hydrogen) atoms. The van der Waals surface area contributed by atoms with Crippen molar-refractivity contribution in [2.75, 3.05) is 0 Å². The first-order valence-electron chi connectivity index (χ1n) is 8.30. The first kappa shape index (κ1) is 15.4. The van der Waals surface area contributed by atoms with E-state index in [2.05, 4.69) is 14.9 Å². The Labute approximate surface area is 138 Å². The molecule has 126 valence electrons. The molecule has 0 saturated carbocycles. The van der Waals surface area contributed by atoms with Crippen LogP contribution in [0.4, 0.5) is 8.78 Å². The quantitative estimate of drug-likeness (QED) is 0.920. The maximum Gasteiger partial charge on any atom is 0.254 e. The van der Waals surface area contributed by atoms with Gasteiger partial charge in [-0.2, -0.15) is 0 Å². The number of H-pyrrole nitrogens is 1. The molecule has 1 N–H and O–H groups in total. The molecule has 0 spiro atoms. The molecule has 4 rings (SSSR count). The highest BCUT2D eigenvalue weighted by atomic mass is 19.1. The van der Waals surface area contributed by atoms with Crippen LogP contribution in [0.3, 0.4) is 0 Å². The summed E-state index contributed by atoms with van der Waals surface area (Å²) in [6.07, 6.45) is 3.15. The molecule has 0 amide bonds. The van der Waals surface area contributed by atoms with Gasteiger partial charge in [0.2, 0.25) is 0 Å². The molecule has 0 aliphatic carbocycles. The highest BCUT2D eigenvalue weighted by Gasteiger charge is 2.38.